The zero-order chi connectivity index (χ0) is 15.7. The SMILES string of the molecule is O=C([C@@H]1CCOC1)N1CCC[C@H]1c1ccccc1C(F)(F)F. The van der Waals surface area contributed by atoms with E-state index in [4.69, 9.17) is 4.74 Å². The molecular weight excluding hydrogens is 295 g/mol. The molecule has 0 saturated carbocycles. The second kappa shape index (κ2) is 5.91. The highest BCUT2D eigenvalue weighted by molar-refractivity contribution is 5.80. The summed E-state index contributed by atoms with van der Waals surface area (Å²) in [5, 5.41) is 0. The fraction of sp³-hybridized carbons (Fsp3) is 0.562. The van der Waals surface area contributed by atoms with Gasteiger partial charge in [0.1, 0.15) is 0 Å². The fourth-order valence-electron chi connectivity index (χ4n) is 3.36. The topological polar surface area (TPSA) is 29.5 Å². The predicted octanol–water partition coefficient (Wildman–Crippen LogP) is 3.41. The lowest BCUT2D eigenvalue weighted by molar-refractivity contribution is -0.141. The summed E-state index contributed by atoms with van der Waals surface area (Å²) in [6.45, 7) is 1.45. The van der Waals surface area contributed by atoms with Crippen LogP contribution in [0.1, 0.15) is 36.4 Å². The van der Waals surface area contributed by atoms with Crippen molar-refractivity contribution in [3.8, 4) is 0 Å². The van der Waals surface area contributed by atoms with Gasteiger partial charge in [-0.05, 0) is 30.9 Å². The second-order valence-electron chi connectivity index (χ2n) is 5.84. The summed E-state index contributed by atoms with van der Waals surface area (Å²) in [6, 6.07) is 5.09. The molecule has 0 bridgehead atoms. The summed E-state index contributed by atoms with van der Waals surface area (Å²) in [6.07, 6.45) is -2.43. The van der Waals surface area contributed by atoms with Gasteiger partial charge in [-0.15, -0.1) is 0 Å². The molecule has 3 nitrogen and oxygen atoms in total. The number of ether oxygens (including phenoxy) is 1. The van der Waals surface area contributed by atoms with Crippen molar-refractivity contribution >= 4 is 5.91 Å². The number of alkyl halides is 3. The van der Waals surface area contributed by atoms with Crippen molar-refractivity contribution in [2.45, 2.75) is 31.5 Å². The molecule has 1 aromatic rings. The molecule has 2 fully saturated rings. The number of carbonyl (C=O) groups excluding carboxylic acids is 1. The van der Waals surface area contributed by atoms with Crippen LogP contribution in [-0.4, -0.2) is 30.6 Å². The average Bonchev–Trinajstić information content (AvgIpc) is 3.17. The Hall–Kier alpha value is -1.56. The molecule has 0 N–H and O–H groups in total. The van der Waals surface area contributed by atoms with E-state index in [1.54, 1.807) is 11.0 Å². The number of benzene rings is 1. The molecule has 0 aliphatic carbocycles. The van der Waals surface area contributed by atoms with Gasteiger partial charge in [-0.1, -0.05) is 18.2 Å². The van der Waals surface area contributed by atoms with Gasteiger partial charge in [0.15, 0.2) is 0 Å². The predicted molar refractivity (Wildman–Crippen MR) is 74.1 cm³/mol. The van der Waals surface area contributed by atoms with E-state index in [9.17, 15) is 18.0 Å². The van der Waals surface area contributed by atoms with Crippen molar-refractivity contribution in [3.63, 3.8) is 0 Å². The maximum Gasteiger partial charge on any atom is 0.416 e. The van der Waals surface area contributed by atoms with Crippen LogP contribution in [0.4, 0.5) is 13.2 Å². The highest BCUT2D eigenvalue weighted by Crippen LogP contribution is 2.41. The van der Waals surface area contributed by atoms with Gasteiger partial charge in [-0.25, -0.2) is 0 Å². The smallest absolute Gasteiger partial charge is 0.381 e. The van der Waals surface area contributed by atoms with Crippen molar-refractivity contribution < 1.29 is 22.7 Å². The molecule has 120 valence electrons. The second-order valence-corrected chi connectivity index (χ2v) is 5.84. The Bertz CT molecular complexity index is 553. The van der Waals surface area contributed by atoms with Gasteiger partial charge in [0.2, 0.25) is 5.91 Å². The average molecular weight is 313 g/mol. The van der Waals surface area contributed by atoms with Crippen LogP contribution >= 0.6 is 0 Å². The Balaban J connectivity index is 1.89. The Morgan fingerprint density at radius 3 is 2.68 bits per heavy atom. The van der Waals surface area contributed by atoms with E-state index in [2.05, 4.69) is 0 Å². The molecule has 1 amide bonds. The number of likely N-dealkylation sites (tertiary alicyclic amines) is 1. The lowest BCUT2D eigenvalue weighted by atomic mass is 9.97. The maximum atomic E-state index is 13.2. The lowest BCUT2D eigenvalue weighted by Gasteiger charge is -2.29. The molecule has 1 aromatic carbocycles. The van der Waals surface area contributed by atoms with E-state index in [1.807, 2.05) is 0 Å². The van der Waals surface area contributed by atoms with E-state index in [0.29, 0.717) is 32.6 Å². The summed E-state index contributed by atoms with van der Waals surface area (Å²) in [4.78, 5) is 14.2. The van der Waals surface area contributed by atoms with Crippen molar-refractivity contribution in [1.82, 2.24) is 4.90 Å². The van der Waals surface area contributed by atoms with Gasteiger partial charge in [0, 0.05) is 13.2 Å². The van der Waals surface area contributed by atoms with E-state index in [-0.39, 0.29) is 17.4 Å². The van der Waals surface area contributed by atoms with Gasteiger partial charge >= 0.3 is 6.18 Å². The molecule has 22 heavy (non-hydrogen) atoms. The molecule has 2 saturated heterocycles. The monoisotopic (exact) mass is 313 g/mol. The first-order valence-electron chi connectivity index (χ1n) is 7.53. The van der Waals surface area contributed by atoms with Gasteiger partial charge < -0.3 is 9.64 Å². The van der Waals surface area contributed by atoms with Gasteiger partial charge in [-0.3, -0.25) is 4.79 Å². The molecule has 2 aliphatic heterocycles. The van der Waals surface area contributed by atoms with Crippen molar-refractivity contribution in [1.29, 1.82) is 0 Å². The summed E-state index contributed by atoms with van der Waals surface area (Å²) < 4.78 is 44.9. The highest BCUT2D eigenvalue weighted by atomic mass is 19.4. The number of carbonyl (C=O) groups is 1. The molecule has 2 heterocycles. The van der Waals surface area contributed by atoms with Crippen molar-refractivity contribution in [2.24, 2.45) is 5.92 Å². The molecule has 0 aromatic heterocycles. The summed E-state index contributed by atoms with van der Waals surface area (Å²) in [7, 11) is 0. The lowest BCUT2D eigenvalue weighted by Crippen LogP contribution is -2.36. The third kappa shape index (κ3) is 2.84. The molecule has 2 aliphatic rings. The van der Waals surface area contributed by atoms with Crippen LogP contribution in [0.5, 0.6) is 0 Å². The molecule has 0 unspecified atom stereocenters. The quantitative estimate of drug-likeness (QED) is 0.837. The standard InChI is InChI=1S/C16H18F3NO2/c17-16(18,19)13-5-2-1-4-12(13)14-6-3-8-20(14)15(21)11-7-9-22-10-11/h1-2,4-5,11,14H,3,6-10H2/t11-,14+/m1/s1. The minimum atomic E-state index is -4.40. The Kier molecular flexibility index (Phi) is 4.12. The zero-order valence-electron chi connectivity index (χ0n) is 12.1. The number of hydrogen-bond donors (Lipinski definition) is 0. The number of hydrogen-bond acceptors (Lipinski definition) is 2. The van der Waals surface area contributed by atoms with E-state index >= 15 is 0 Å². The van der Waals surface area contributed by atoms with Gasteiger partial charge in [-0.2, -0.15) is 13.2 Å². The zero-order valence-corrected chi connectivity index (χ0v) is 12.1. The summed E-state index contributed by atoms with van der Waals surface area (Å²) in [5.74, 6) is -0.282. The first kappa shape index (κ1) is 15.3. The van der Waals surface area contributed by atoms with Crippen LogP contribution in [0.2, 0.25) is 0 Å². The Morgan fingerprint density at radius 2 is 2.00 bits per heavy atom. The molecule has 6 heteroatoms. The van der Waals surface area contributed by atoms with Crippen molar-refractivity contribution in [2.75, 3.05) is 19.8 Å². The van der Waals surface area contributed by atoms with E-state index in [0.717, 1.165) is 12.5 Å². The summed E-state index contributed by atoms with van der Waals surface area (Å²) >= 11 is 0. The minimum Gasteiger partial charge on any atom is -0.381 e. The number of rotatable bonds is 2. The number of nitrogens with zero attached hydrogens (tertiary/aromatic N) is 1. The molecular formula is C16H18F3NO2. The van der Waals surface area contributed by atoms with Crippen LogP contribution < -0.4 is 0 Å². The fourth-order valence-corrected chi connectivity index (χ4v) is 3.36. The van der Waals surface area contributed by atoms with Crippen molar-refractivity contribution in [3.05, 3.63) is 35.4 Å². The largest absolute Gasteiger partial charge is 0.416 e. The van der Waals surface area contributed by atoms with Crippen LogP contribution in [0.25, 0.3) is 0 Å². The first-order valence-corrected chi connectivity index (χ1v) is 7.53. The first-order chi connectivity index (χ1) is 10.5. The number of amides is 1. The normalized spacial score (nSPS) is 25.7. The highest BCUT2D eigenvalue weighted by Gasteiger charge is 2.40. The number of halogens is 3. The molecule has 3 rings (SSSR count). The molecule has 0 spiro atoms. The van der Waals surface area contributed by atoms with Crippen LogP contribution in [0.15, 0.2) is 24.3 Å². The molecule has 0 radical (unpaired) electrons. The third-order valence-electron chi connectivity index (χ3n) is 4.44. The van der Waals surface area contributed by atoms with Crippen LogP contribution in [-0.2, 0) is 15.7 Å². The Morgan fingerprint density at radius 1 is 1.23 bits per heavy atom. The van der Waals surface area contributed by atoms with E-state index in [1.165, 1.54) is 12.1 Å². The van der Waals surface area contributed by atoms with Crippen LogP contribution in [0, 0.1) is 5.92 Å². The third-order valence-corrected chi connectivity index (χ3v) is 4.44. The van der Waals surface area contributed by atoms with Crippen LogP contribution in [0.3, 0.4) is 0 Å². The Labute approximate surface area is 127 Å². The maximum absolute atomic E-state index is 13.2. The van der Waals surface area contributed by atoms with Gasteiger partial charge in [0.05, 0.1) is 24.1 Å². The van der Waals surface area contributed by atoms with E-state index < -0.39 is 17.8 Å². The minimum absolute atomic E-state index is 0.0722. The molecule has 2 atom stereocenters. The summed E-state index contributed by atoms with van der Waals surface area (Å²) in [5.41, 5.74) is -0.429. The van der Waals surface area contributed by atoms with Gasteiger partial charge in [0.25, 0.3) is 0 Å².